The first-order valence-corrected chi connectivity index (χ1v) is 12.3. The Morgan fingerprint density at radius 3 is 2.82 bits per heavy atom. The van der Waals surface area contributed by atoms with E-state index < -0.39 is 5.91 Å². The molecule has 174 valence electrons. The molecule has 0 bridgehead atoms. The molecule has 0 spiro atoms. The number of anilines is 1. The maximum Gasteiger partial charge on any atom is 0.341 e. The fourth-order valence-electron chi connectivity index (χ4n) is 3.59. The molecule has 1 aliphatic carbocycles. The molecule has 4 rings (SSSR count). The van der Waals surface area contributed by atoms with E-state index in [1.807, 2.05) is 6.92 Å². The zero-order chi connectivity index (χ0) is 23.4. The molecule has 0 saturated carbocycles. The number of rotatable bonds is 8. The fraction of sp³-hybridized carbons (Fsp3) is 0.348. The number of thiophene rings is 1. The molecule has 33 heavy (non-hydrogen) atoms. The lowest BCUT2D eigenvalue weighted by molar-refractivity contribution is 0.0505. The quantitative estimate of drug-likeness (QED) is 0.378. The summed E-state index contributed by atoms with van der Waals surface area (Å²) in [4.78, 5) is 26.7. The third kappa shape index (κ3) is 5.51. The van der Waals surface area contributed by atoms with Crippen LogP contribution in [-0.4, -0.2) is 28.3 Å². The van der Waals surface area contributed by atoms with Crippen LogP contribution in [0, 0.1) is 0 Å². The van der Waals surface area contributed by atoms with Gasteiger partial charge in [0, 0.05) is 16.1 Å². The number of aryl methyl sites for hydroxylation is 1. The zero-order valence-electron chi connectivity index (χ0n) is 18.0. The molecule has 2 heterocycles. The highest BCUT2D eigenvalue weighted by Crippen LogP contribution is 2.38. The number of carbonyl (C=O) groups excluding carboxylic acids is 2. The van der Waals surface area contributed by atoms with Crippen LogP contribution in [0.5, 0.6) is 5.75 Å². The van der Waals surface area contributed by atoms with Gasteiger partial charge < -0.3 is 14.8 Å². The highest BCUT2D eigenvalue weighted by molar-refractivity contribution is 7.17. The molecule has 1 N–H and O–H groups in total. The number of aromatic nitrogens is 2. The molecule has 0 fully saturated rings. The highest BCUT2D eigenvalue weighted by atomic mass is 35.5. The summed E-state index contributed by atoms with van der Waals surface area (Å²) in [5.74, 6) is -0.325. The molecule has 10 heteroatoms. The number of benzene rings is 1. The maximum atomic E-state index is 12.9. The van der Waals surface area contributed by atoms with Crippen LogP contribution in [0.1, 0.15) is 57.5 Å². The normalized spacial score (nSPS) is 12.8. The van der Waals surface area contributed by atoms with Crippen LogP contribution in [0.4, 0.5) is 5.00 Å². The van der Waals surface area contributed by atoms with Crippen molar-refractivity contribution < 1.29 is 19.1 Å². The zero-order valence-corrected chi connectivity index (χ0v) is 20.4. The molecule has 0 aliphatic heterocycles. The number of ether oxygens (including phenoxy) is 2. The Morgan fingerprint density at radius 1 is 1.21 bits per heavy atom. The van der Waals surface area contributed by atoms with Crippen molar-refractivity contribution in [1.82, 2.24) is 9.78 Å². The predicted molar refractivity (Wildman–Crippen MR) is 129 cm³/mol. The SMILES string of the molecule is CCCOC(=O)c1c(NC(=O)c2ccn(COc3ccc(Cl)cc3Cl)n2)sc2c1CCCC2. The Balaban J connectivity index is 1.47. The number of hydrogen-bond acceptors (Lipinski definition) is 6. The van der Waals surface area contributed by atoms with Gasteiger partial charge in [-0.1, -0.05) is 30.1 Å². The van der Waals surface area contributed by atoms with E-state index in [2.05, 4.69) is 10.4 Å². The number of carbonyl (C=O) groups is 2. The van der Waals surface area contributed by atoms with E-state index in [4.69, 9.17) is 32.7 Å². The Morgan fingerprint density at radius 2 is 2.03 bits per heavy atom. The van der Waals surface area contributed by atoms with Gasteiger partial charge in [-0.25, -0.2) is 9.48 Å². The van der Waals surface area contributed by atoms with Gasteiger partial charge in [0.2, 0.25) is 0 Å². The molecule has 0 atom stereocenters. The third-order valence-electron chi connectivity index (χ3n) is 5.16. The highest BCUT2D eigenvalue weighted by Gasteiger charge is 2.28. The predicted octanol–water partition coefficient (Wildman–Crippen LogP) is 5.99. The molecule has 7 nitrogen and oxygen atoms in total. The van der Waals surface area contributed by atoms with Crippen molar-refractivity contribution in [1.29, 1.82) is 0 Å². The first-order valence-electron chi connectivity index (χ1n) is 10.7. The van der Waals surface area contributed by atoms with Gasteiger partial charge in [0.15, 0.2) is 12.4 Å². The van der Waals surface area contributed by atoms with Crippen molar-refractivity contribution in [2.24, 2.45) is 0 Å². The lowest BCUT2D eigenvalue weighted by Gasteiger charge is -2.12. The second-order valence-corrected chi connectivity index (χ2v) is 9.54. The summed E-state index contributed by atoms with van der Waals surface area (Å²) in [6.07, 6.45) is 6.19. The molecule has 3 aromatic rings. The maximum absolute atomic E-state index is 12.9. The Hall–Kier alpha value is -2.55. The monoisotopic (exact) mass is 507 g/mol. The molecule has 0 unspecified atom stereocenters. The van der Waals surface area contributed by atoms with Crippen molar-refractivity contribution in [2.75, 3.05) is 11.9 Å². The summed E-state index contributed by atoms with van der Waals surface area (Å²) >= 11 is 13.5. The van der Waals surface area contributed by atoms with Gasteiger partial charge in [-0.3, -0.25) is 4.79 Å². The summed E-state index contributed by atoms with van der Waals surface area (Å²) in [7, 11) is 0. The minimum absolute atomic E-state index is 0.0660. The van der Waals surface area contributed by atoms with Gasteiger partial charge in [-0.2, -0.15) is 5.10 Å². The van der Waals surface area contributed by atoms with E-state index in [1.54, 1.807) is 30.5 Å². The molecule has 1 amide bonds. The summed E-state index contributed by atoms with van der Waals surface area (Å²) in [5, 5.41) is 8.56. The lowest BCUT2D eigenvalue weighted by atomic mass is 9.95. The van der Waals surface area contributed by atoms with Crippen molar-refractivity contribution in [3.8, 4) is 5.75 Å². The summed E-state index contributed by atoms with van der Waals surface area (Å²) in [6.45, 7) is 2.36. The molecule has 1 aromatic carbocycles. The number of nitrogens with one attached hydrogen (secondary N) is 1. The van der Waals surface area contributed by atoms with Crippen LogP contribution in [0.3, 0.4) is 0 Å². The van der Waals surface area contributed by atoms with E-state index >= 15 is 0 Å². The Kier molecular flexibility index (Phi) is 7.57. The molecular formula is C23H23Cl2N3O4S. The van der Waals surface area contributed by atoms with Crippen LogP contribution >= 0.6 is 34.5 Å². The van der Waals surface area contributed by atoms with Crippen LogP contribution in [0.25, 0.3) is 0 Å². The average Bonchev–Trinajstić information content (AvgIpc) is 3.41. The van der Waals surface area contributed by atoms with Gasteiger partial charge in [0.05, 0.1) is 17.2 Å². The number of esters is 1. The van der Waals surface area contributed by atoms with Gasteiger partial charge >= 0.3 is 5.97 Å². The first-order chi connectivity index (χ1) is 16.0. The number of amides is 1. The van der Waals surface area contributed by atoms with Crippen LogP contribution < -0.4 is 10.1 Å². The van der Waals surface area contributed by atoms with Crippen molar-refractivity contribution in [2.45, 2.75) is 45.8 Å². The van der Waals surface area contributed by atoms with E-state index in [0.717, 1.165) is 42.5 Å². The summed E-state index contributed by atoms with van der Waals surface area (Å²) in [5.41, 5.74) is 1.69. The first kappa shape index (κ1) is 23.6. The van der Waals surface area contributed by atoms with Crippen molar-refractivity contribution in [3.05, 3.63) is 62.2 Å². The van der Waals surface area contributed by atoms with Gasteiger partial charge in [-0.05, 0) is 61.9 Å². The van der Waals surface area contributed by atoms with Crippen molar-refractivity contribution in [3.63, 3.8) is 0 Å². The van der Waals surface area contributed by atoms with Gasteiger partial charge in [-0.15, -0.1) is 11.3 Å². The standard InChI is InChI=1S/C23H23Cl2N3O4S/c1-2-11-31-23(30)20-15-5-3-4-6-19(15)33-22(20)26-21(29)17-9-10-28(27-17)13-32-18-8-7-14(24)12-16(18)25/h7-10,12H,2-6,11,13H2,1H3,(H,26,29). The van der Waals surface area contributed by atoms with Crippen LogP contribution in [-0.2, 0) is 24.3 Å². The molecule has 0 saturated heterocycles. The summed E-state index contributed by atoms with van der Waals surface area (Å²) < 4.78 is 12.5. The third-order valence-corrected chi connectivity index (χ3v) is 6.90. The topological polar surface area (TPSA) is 82.5 Å². The average molecular weight is 508 g/mol. The van der Waals surface area contributed by atoms with Gasteiger partial charge in [0.25, 0.3) is 5.91 Å². The van der Waals surface area contributed by atoms with Crippen LogP contribution in [0.2, 0.25) is 10.0 Å². The minimum Gasteiger partial charge on any atom is -0.470 e. The molecule has 0 radical (unpaired) electrons. The minimum atomic E-state index is -0.401. The lowest BCUT2D eigenvalue weighted by Crippen LogP contribution is -2.17. The largest absolute Gasteiger partial charge is 0.470 e. The molecular weight excluding hydrogens is 485 g/mol. The fourth-order valence-corrected chi connectivity index (χ4v) is 5.32. The van der Waals surface area contributed by atoms with E-state index in [1.165, 1.54) is 16.0 Å². The van der Waals surface area contributed by atoms with Crippen LogP contribution in [0.15, 0.2) is 30.5 Å². The number of nitrogens with zero attached hydrogens (tertiary/aromatic N) is 2. The van der Waals surface area contributed by atoms with E-state index in [-0.39, 0.29) is 18.4 Å². The second kappa shape index (κ2) is 10.6. The Bertz CT molecular complexity index is 1170. The van der Waals surface area contributed by atoms with Gasteiger partial charge in [0.1, 0.15) is 10.8 Å². The summed E-state index contributed by atoms with van der Waals surface area (Å²) in [6, 6.07) is 6.52. The second-order valence-electron chi connectivity index (χ2n) is 7.59. The van der Waals surface area contributed by atoms with E-state index in [9.17, 15) is 9.59 Å². The van der Waals surface area contributed by atoms with E-state index in [0.29, 0.717) is 33.0 Å². The number of halogens is 2. The Labute approximate surface area is 205 Å². The molecule has 2 aromatic heterocycles. The number of fused-ring (bicyclic) bond motifs is 1. The number of hydrogen-bond donors (Lipinski definition) is 1. The van der Waals surface area contributed by atoms with Crippen molar-refractivity contribution >= 4 is 51.4 Å². The smallest absolute Gasteiger partial charge is 0.341 e. The molecule has 1 aliphatic rings.